The summed E-state index contributed by atoms with van der Waals surface area (Å²) in [6.45, 7) is 5.35. The lowest BCUT2D eigenvalue weighted by Gasteiger charge is -2.39. The maximum absolute atomic E-state index is 13.4. The zero-order valence-electron chi connectivity index (χ0n) is 14.9. The summed E-state index contributed by atoms with van der Waals surface area (Å²) in [5, 5.41) is 12.7. The standard InChI is InChI=1S/C18H26FN3O3/c1-11-8-12(19)4-5-14(11)15-9-13(6-7-22(15)17(20)24)21-16(23)10-18(2,3)25/h4-5,8,13,15,25H,6-7,9-10H2,1-3H3,(H2,20,24)(H,21,23). The minimum atomic E-state index is -1.08. The zero-order valence-corrected chi connectivity index (χ0v) is 14.9. The van der Waals surface area contributed by atoms with Gasteiger partial charge in [-0.05, 0) is 56.9 Å². The Kier molecular flexibility index (Phi) is 5.67. The van der Waals surface area contributed by atoms with Gasteiger partial charge in [0.1, 0.15) is 5.82 Å². The van der Waals surface area contributed by atoms with Gasteiger partial charge in [-0.2, -0.15) is 0 Å². The Morgan fingerprint density at radius 3 is 2.68 bits per heavy atom. The van der Waals surface area contributed by atoms with Crippen molar-refractivity contribution in [3.63, 3.8) is 0 Å². The number of aryl methyl sites for hydroxylation is 1. The van der Waals surface area contributed by atoms with E-state index >= 15 is 0 Å². The first-order valence-electron chi connectivity index (χ1n) is 8.40. The summed E-state index contributed by atoms with van der Waals surface area (Å²) in [5.74, 6) is -0.572. The number of carbonyl (C=O) groups is 2. The predicted molar refractivity (Wildman–Crippen MR) is 92.2 cm³/mol. The molecule has 1 aromatic rings. The van der Waals surface area contributed by atoms with Crippen LogP contribution >= 0.6 is 0 Å². The molecule has 0 bridgehead atoms. The van der Waals surface area contributed by atoms with Gasteiger partial charge < -0.3 is 21.1 Å². The molecule has 1 aliphatic rings. The first-order chi connectivity index (χ1) is 11.6. The number of halogens is 1. The number of benzene rings is 1. The second-order valence-electron chi connectivity index (χ2n) is 7.33. The van der Waals surface area contributed by atoms with E-state index in [1.54, 1.807) is 31.7 Å². The molecule has 4 N–H and O–H groups in total. The molecular formula is C18H26FN3O3. The monoisotopic (exact) mass is 351 g/mol. The molecule has 1 aliphatic heterocycles. The third-order valence-electron chi connectivity index (χ3n) is 4.43. The molecule has 1 heterocycles. The lowest BCUT2D eigenvalue weighted by molar-refractivity contribution is -0.126. The highest BCUT2D eigenvalue weighted by molar-refractivity contribution is 5.77. The van der Waals surface area contributed by atoms with Crippen molar-refractivity contribution in [1.29, 1.82) is 0 Å². The Morgan fingerprint density at radius 1 is 1.44 bits per heavy atom. The fourth-order valence-electron chi connectivity index (χ4n) is 3.34. The molecule has 1 aromatic carbocycles. The number of aliphatic hydroxyl groups is 1. The van der Waals surface area contributed by atoms with Crippen LogP contribution in [0.1, 0.15) is 50.3 Å². The summed E-state index contributed by atoms with van der Waals surface area (Å²) in [6, 6.07) is 3.45. The van der Waals surface area contributed by atoms with Crippen molar-refractivity contribution in [2.75, 3.05) is 6.54 Å². The van der Waals surface area contributed by atoms with Crippen molar-refractivity contribution in [3.8, 4) is 0 Å². The van der Waals surface area contributed by atoms with Gasteiger partial charge in [0.25, 0.3) is 0 Å². The molecule has 7 heteroatoms. The normalized spacial score (nSPS) is 21.1. The highest BCUT2D eigenvalue weighted by Crippen LogP contribution is 2.33. The van der Waals surface area contributed by atoms with Crippen LogP contribution in [0.4, 0.5) is 9.18 Å². The molecule has 0 saturated carbocycles. The minimum Gasteiger partial charge on any atom is -0.390 e. The van der Waals surface area contributed by atoms with Crippen LogP contribution in [0.2, 0.25) is 0 Å². The molecule has 1 saturated heterocycles. The van der Waals surface area contributed by atoms with Crippen molar-refractivity contribution in [3.05, 3.63) is 35.1 Å². The summed E-state index contributed by atoms with van der Waals surface area (Å²) in [5.41, 5.74) is 5.98. The quantitative estimate of drug-likeness (QED) is 0.774. The van der Waals surface area contributed by atoms with E-state index in [4.69, 9.17) is 5.73 Å². The molecule has 6 nitrogen and oxygen atoms in total. The van der Waals surface area contributed by atoms with Crippen LogP contribution in [0.25, 0.3) is 0 Å². The van der Waals surface area contributed by atoms with Crippen LogP contribution in [-0.2, 0) is 4.79 Å². The highest BCUT2D eigenvalue weighted by atomic mass is 19.1. The fraction of sp³-hybridized carbons (Fsp3) is 0.556. The summed E-state index contributed by atoms with van der Waals surface area (Å²) >= 11 is 0. The van der Waals surface area contributed by atoms with Crippen molar-refractivity contribution >= 4 is 11.9 Å². The molecule has 1 fully saturated rings. The fourth-order valence-corrected chi connectivity index (χ4v) is 3.34. The van der Waals surface area contributed by atoms with Gasteiger partial charge >= 0.3 is 6.03 Å². The predicted octanol–water partition coefficient (Wildman–Crippen LogP) is 2.00. The largest absolute Gasteiger partial charge is 0.390 e. The third-order valence-corrected chi connectivity index (χ3v) is 4.43. The van der Waals surface area contributed by atoms with Gasteiger partial charge in [0, 0.05) is 12.6 Å². The van der Waals surface area contributed by atoms with E-state index in [-0.39, 0.29) is 30.2 Å². The van der Waals surface area contributed by atoms with Gasteiger partial charge in [0.2, 0.25) is 5.91 Å². The van der Waals surface area contributed by atoms with E-state index in [9.17, 15) is 19.1 Å². The number of nitrogens with zero attached hydrogens (tertiary/aromatic N) is 1. The molecule has 2 unspecified atom stereocenters. The van der Waals surface area contributed by atoms with E-state index in [2.05, 4.69) is 5.32 Å². The molecule has 0 aliphatic carbocycles. The van der Waals surface area contributed by atoms with Crippen LogP contribution in [0, 0.1) is 12.7 Å². The highest BCUT2D eigenvalue weighted by Gasteiger charge is 2.33. The van der Waals surface area contributed by atoms with E-state index in [0.29, 0.717) is 19.4 Å². The number of nitrogens with one attached hydrogen (secondary N) is 1. The number of hydrogen-bond donors (Lipinski definition) is 3. The minimum absolute atomic E-state index is 0.00325. The van der Waals surface area contributed by atoms with Gasteiger partial charge in [-0.15, -0.1) is 0 Å². The molecule has 0 aromatic heterocycles. The number of rotatable bonds is 4. The smallest absolute Gasteiger partial charge is 0.315 e. The maximum Gasteiger partial charge on any atom is 0.315 e. The molecule has 25 heavy (non-hydrogen) atoms. The lowest BCUT2D eigenvalue weighted by atomic mass is 9.89. The van der Waals surface area contributed by atoms with Gasteiger partial charge in [0.15, 0.2) is 0 Å². The Morgan fingerprint density at radius 2 is 2.12 bits per heavy atom. The topological polar surface area (TPSA) is 95.7 Å². The van der Waals surface area contributed by atoms with Crippen LogP contribution < -0.4 is 11.1 Å². The lowest BCUT2D eigenvalue weighted by Crippen LogP contribution is -2.50. The van der Waals surface area contributed by atoms with Crippen LogP contribution in [0.15, 0.2) is 18.2 Å². The Bertz CT molecular complexity index is 657. The van der Waals surface area contributed by atoms with Gasteiger partial charge in [-0.25, -0.2) is 9.18 Å². The summed E-state index contributed by atoms with van der Waals surface area (Å²) in [6.07, 6.45) is 1.08. The Labute approximate surface area is 147 Å². The second-order valence-corrected chi connectivity index (χ2v) is 7.33. The summed E-state index contributed by atoms with van der Waals surface area (Å²) < 4.78 is 13.4. The van der Waals surface area contributed by atoms with E-state index in [0.717, 1.165) is 11.1 Å². The number of nitrogens with two attached hydrogens (primary N) is 1. The molecule has 0 radical (unpaired) electrons. The first kappa shape index (κ1) is 19.2. The maximum atomic E-state index is 13.4. The molecule has 138 valence electrons. The number of hydrogen-bond acceptors (Lipinski definition) is 3. The molecule has 3 amide bonds. The van der Waals surface area contributed by atoms with Gasteiger partial charge in [-0.3, -0.25) is 4.79 Å². The number of amides is 3. The van der Waals surface area contributed by atoms with Crippen molar-refractivity contribution in [2.24, 2.45) is 5.73 Å². The van der Waals surface area contributed by atoms with Gasteiger partial charge in [0.05, 0.1) is 18.1 Å². The molecule has 2 rings (SSSR count). The molecule has 0 spiro atoms. The van der Waals surface area contributed by atoms with Crippen LogP contribution in [0.3, 0.4) is 0 Å². The third kappa shape index (κ3) is 5.16. The van der Waals surface area contributed by atoms with Crippen molar-refractivity contribution in [2.45, 2.75) is 57.7 Å². The number of piperidine rings is 1. The zero-order chi connectivity index (χ0) is 18.8. The van der Waals surface area contributed by atoms with Crippen LogP contribution in [-0.4, -0.2) is 40.1 Å². The molecular weight excluding hydrogens is 325 g/mol. The first-order valence-corrected chi connectivity index (χ1v) is 8.40. The van der Waals surface area contributed by atoms with Gasteiger partial charge in [-0.1, -0.05) is 6.07 Å². The Balaban J connectivity index is 2.16. The van der Waals surface area contributed by atoms with E-state index in [1.807, 2.05) is 0 Å². The van der Waals surface area contributed by atoms with E-state index < -0.39 is 11.6 Å². The number of primary amides is 1. The van der Waals surface area contributed by atoms with E-state index in [1.165, 1.54) is 12.1 Å². The number of carbonyl (C=O) groups excluding carboxylic acids is 2. The van der Waals surface area contributed by atoms with Crippen LogP contribution in [0.5, 0.6) is 0 Å². The average molecular weight is 351 g/mol. The number of urea groups is 1. The summed E-state index contributed by atoms with van der Waals surface area (Å²) in [7, 11) is 0. The van der Waals surface area contributed by atoms with Crippen molar-refractivity contribution in [1.82, 2.24) is 10.2 Å². The second kappa shape index (κ2) is 7.39. The molecule has 2 atom stereocenters. The summed E-state index contributed by atoms with van der Waals surface area (Å²) in [4.78, 5) is 25.4. The van der Waals surface area contributed by atoms with Crippen molar-refractivity contribution < 1.29 is 19.1 Å². The number of likely N-dealkylation sites (tertiary alicyclic amines) is 1. The average Bonchev–Trinajstić information content (AvgIpc) is 2.44. The Hall–Kier alpha value is -2.15. The SMILES string of the molecule is Cc1cc(F)ccc1C1CC(NC(=O)CC(C)(C)O)CCN1C(N)=O.